The van der Waals surface area contributed by atoms with Crippen molar-refractivity contribution in [1.29, 1.82) is 0 Å². The van der Waals surface area contributed by atoms with Gasteiger partial charge >= 0.3 is 6.09 Å². The lowest BCUT2D eigenvalue weighted by Crippen LogP contribution is -2.37. The van der Waals surface area contributed by atoms with Crippen LogP contribution in [0.5, 0.6) is 0 Å². The molecular weight excluding hydrogens is 386 g/mol. The zero-order valence-corrected chi connectivity index (χ0v) is 16.0. The molecule has 0 saturated carbocycles. The minimum Gasteiger partial charge on any atom is -0.449 e. The number of hydrogen-bond donors (Lipinski definition) is 4. The van der Waals surface area contributed by atoms with E-state index < -0.39 is 23.9 Å². The lowest BCUT2D eigenvalue weighted by atomic mass is 9.98. The smallest absolute Gasteiger partial charge is 0.407 e. The third-order valence-electron chi connectivity index (χ3n) is 5.23. The number of amides is 1. The first-order chi connectivity index (χ1) is 14.6. The summed E-state index contributed by atoms with van der Waals surface area (Å²) in [6, 6.07) is 16.0. The second kappa shape index (κ2) is 8.48. The van der Waals surface area contributed by atoms with Gasteiger partial charge in [-0.05, 0) is 22.3 Å². The van der Waals surface area contributed by atoms with Crippen molar-refractivity contribution in [3.63, 3.8) is 0 Å². The number of aromatic amines is 1. The highest BCUT2D eigenvalue weighted by Crippen LogP contribution is 2.44. The molecule has 0 bridgehead atoms. The standard InChI is InChI=1S/C22H21N3O5/c26-19(20(27)17-9-23-12-25-21(17)28)10-24-22(29)30-11-18-15-7-3-1-5-13(15)14-6-2-4-8-16(14)18/h1-9,12,18-20,26-27H,10-11H2,(H,24,29)(H,23,25,28). The third kappa shape index (κ3) is 3.83. The third-order valence-corrected chi connectivity index (χ3v) is 5.23. The van der Waals surface area contributed by atoms with E-state index >= 15 is 0 Å². The van der Waals surface area contributed by atoms with Crippen LogP contribution in [0.2, 0.25) is 0 Å². The summed E-state index contributed by atoms with van der Waals surface area (Å²) < 4.78 is 5.38. The molecule has 0 spiro atoms. The van der Waals surface area contributed by atoms with E-state index in [1.807, 2.05) is 48.5 Å². The first-order valence-electron chi connectivity index (χ1n) is 9.54. The molecule has 1 aliphatic rings. The van der Waals surface area contributed by atoms with Crippen LogP contribution in [-0.4, -0.2) is 45.5 Å². The Balaban J connectivity index is 1.35. The zero-order valence-electron chi connectivity index (χ0n) is 16.0. The van der Waals surface area contributed by atoms with Gasteiger partial charge in [0.25, 0.3) is 5.56 Å². The van der Waals surface area contributed by atoms with Gasteiger partial charge in [0, 0.05) is 18.7 Å². The molecule has 1 amide bonds. The molecule has 4 rings (SSSR count). The highest BCUT2D eigenvalue weighted by Gasteiger charge is 2.29. The number of alkyl carbamates (subject to hydrolysis) is 1. The van der Waals surface area contributed by atoms with Crippen LogP contribution in [0.3, 0.4) is 0 Å². The highest BCUT2D eigenvalue weighted by molar-refractivity contribution is 5.79. The molecule has 0 fully saturated rings. The topological polar surface area (TPSA) is 125 Å². The number of nitrogens with one attached hydrogen (secondary N) is 2. The highest BCUT2D eigenvalue weighted by atomic mass is 16.5. The van der Waals surface area contributed by atoms with E-state index in [2.05, 4.69) is 15.3 Å². The Kier molecular flexibility index (Phi) is 5.60. The zero-order chi connectivity index (χ0) is 21.1. The van der Waals surface area contributed by atoms with E-state index in [-0.39, 0.29) is 24.6 Å². The second-order valence-electron chi connectivity index (χ2n) is 7.05. The summed E-state index contributed by atoms with van der Waals surface area (Å²) in [7, 11) is 0. The van der Waals surface area contributed by atoms with Crippen molar-refractivity contribution >= 4 is 6.09 Å². The molecule has 1 aliphatic carbocycles. The molecule has 0 radical (unpaired) electrons. The van der Waals surface area contributed by atoms with Crippen LogP contribution in [-0.2, 0) is 4.74 Å². The molecule has 2 unspecified atom stereocenters. The van der Waals surface area contributed by atoms with Gasteiger partial charge in [0.1, 0.15) is 18.8 Å². The van der Waals surface area contributed by atoms with Gasteiger partial charge < -0.3 is 25.3 Å². The molecule has 8 heteroatoms. The number of H-pyrrole nitrogens is 1. The Morgan fingerprint density at radius 1 is 1.10 bits per heavy atom. The Bertz CT molecular complexity index is 1070. The van der Waals surface area contributed by atoms with Crippen molar-refractivity contribution < 1.29 is 19.7 Å². The van der Waals surface area contributed by atoms with Crippen LogP contribution in [0.1, 0.15) is 28.7 Å². The Morgan fingerprint density at radius 2 is 1.73 bits per heavy atom. The quantitative estimate of drug-likeness (QED) is 0.493. The average molecular weight is 407 g/mol. The molecule has 4 N–H and O–H groups in total. The predicted molar refractivity (Wildman–Crippen MR) is 109 cm³/mol. The monoisotopic (exact) mass is 407 g/mol. The van der Waals surface area contributed by atoms with Crippen LogP contribution in [0.15, 0.2) is 65.8 Å². The van der Waals surface area contributed by atoms with Gasteiger partial charge in [0.05, 0.1) is 11.9 Å². The van der Waals surface area contributed by atoms with E-state index in [4.69, 9.17) is 4.74 Å². The normalized spacial score (nSPS) is 14.5. The van der Waals surface area contributed by atoms with E-state index in [1.54, 1.807) is 0 Å². The molecule has 0 aliphatic heterocycles. The number of rotatable bonds is 6. The molecule has 154 valence electrons. The largest absolute Gasteiger partial charge is 0.449 e. The fourth-order valence-electron chi connectivity index (χ4n) is 3.72. The second-order valence-corrected chi connectivity index (χ2v) is 7.05. The van der Waals surface area contributed by atoms with Gasteiger partial charge in [-0.2, -0.15) is 0 Å². The van der Waals surface area contributed by atoms with Crippen LogP contribution in [0.25, 0.3) is 11.1 Å². The maximum atomic E-state index is 12.1. The molecule has 1 aromatic heterocycles. The molecule has 1 heterocycles. The molecule has 3 aromatic rings. The first kappa shape index (κ1) is 19.8. The van der Waals surface area contributed by atoms with E-state index in [0.717, 1.165) is 22.3 Å². The van der Waals surface area contributed by atoms with Gasteiger partial charge in [0.2, 0.25) is 0 Å². The Morgan fingerprint density at radius 3 is 2.37 bits per heavy atom. The summed E-state index contributed by atoms with van der Waals surface area (Å²) in [6.45, 7) is -0.146. The molecule has 30 heavy (non-hydrogen) atoms. The number of benzene rings is 2. The van der Waals surface area contributed by atoms with Crippen molar-refractivity contribution in [2.24, 2.45) is 0 Å². The van der Waals surface area contributed by atoms with Crippen molar-refractivity contribution in [3.05, 3.63) is 88.1 Å². The van der Waals surface area contributed by atoms with E-state index in [9.17, 15) is 19.8 Å². The van der Waals surface area contributed by atoms with Crippen LogP contribution >= 0.6 is 0 Å². The predicted octanol–water partition coefficient (Wildman–Crippen LogP) is 1.70. The van der Waals surface area contributed by atoms with Crippen LogP contribution in [0, 0.1) is 0 Å². The maximum absolute atomic E-state index is 12.1. The van der Waals surface area contributed by atoms with Crippen molar-refractivity contribution in [2.45, 2.75) is 18.1 Å². The number of ether oxygens (including phenoxy) is 1. The molecule has 0 saturated heterocycles. The fraction of sp³-hybridized carbons (Fsp3) is 0.227. The van der Waals surface area contributed by atoms with E-state index in [0.29, 0.717) is 0 Å². The van der Waals surface area contributed by atoms with Crippen molar-refractivity contribution in [3.8, 4) is 11.1 Å². The van der Waals surface area contributed by atoms with Gasteiger partial charge in [-0.1, -0.05) is 48.5 Å². The number of aliphatic hydroxyl groups is 2. The number of aliphatic hydroxyl groups excluding tert-OH is 2. The minimum absolute atomic E-state index is 0.0763. The van der Waals surface area contributed by atoms with Gasteiger partial charge in [-0.3, -0.25) is 4.79 Å². The number of aromatic nitrogens is 2. The lowest BCUT2D eigenvalue weighted by molar-refractivity contribution is 0.0175. The van der Waals surface area contributed by atoms with Crippen molar-refractivity contribution in [2.75, 3.05) is 13.2 Å². The summed E-state index contributed by atoms with van der Waals surface area (Å²) in [4.78, 5) is 29.9. The summed E-state index contributed by atoms with van der Waals surface area (Å²) in [5, 5.41) is 22.6. The van der Waals surface area contributed by atoms with Gasteiger partial charge in [-0.15, -0.1) is 0 Å². The summed E-state index contributed by atoms with van der Waals surface area (Å²) in [5.41, 5.74) is 3.80. The molecule has 2 atom stereocenters. The minimum atomic E-state index is -1.49. The van der Waals surface area contributed by atoms with Gasteiger partial charge in [0.15, 0.2) is 0 Å². The fourth-order valence-corrected chi connectivity index (χ4v) is 3.72. The number of carbonyl (C=O) groups is 1. The average Bonchev–Trinajstić information content (AvgIpc) is 3.09. The molecular formula is C22H21N3O5. The summed E-state index contributed by atoms with van der Waals surface area (Å²) >= 11 is 0. The molecule has 2 aromatic carbocycles. The number of carbonyl (C=O) groups excluding carboxylic acids is 1. The van der Waals surface area contributed by atoms with Crippen molar-refractivity contribution in [1.82, 2.24) is 15.3 Å². The van der Waals surface area contributed by atoms with Gasteiger partial charge in [-0.25, -0.2) is 9.78 Å². The summed E-state index contributed by atoms with van der Waals surface area (Å²) in [6.07, 6.45) is -1.25. The molecule has 8 nitrogen and oxygen atoms in total. The Labute approximate surface area is 172 Å². The number of nitrogens with zero attached hydrogens (tertiary/aromatic N) is 1. The summed E-state index contributed by atoms with van der Waals surface area (Å²) in [5.74, 6) is -0.0763. The first-order valence-corrected chi connectivity index (χ1v) is 9.54. The number of hydrogen-bond acceptors (Lipinski definition) is 6. The lowest BCUT2D eigenvalue weighted by Gasteiger charge is -2.18. The maximum Gasteiger partial charge on any atom is 0.407 e. The SMILES string of the molecule is O=C(NCC(O)C(O)c1cnc[nH]c1=O)OCC1c2ccccc2-c2ccccc21. The number of fused-ring (bicyclic) bond motifs is 3. The van der Waals surface area contributed by atoms with Crippen LogP contribution in [0.4, 0.5) is 4.79 Å². The Hall–Kier alpha value is -3.49. The van der Waals surface area contributed by atoms with Crippen LogP contribution < -0.4 is 10.9 Å². The van der Waals surface area contributed by atoms with E-state index in [1.165, 1.54) is 12.5 Å².